The fourth-order valence-corrected chi connectivity index (χ4v) is 2.83. The monoisotopic (exact) mass is 360 g/mol. The number of H-pyrrole nitrogens is 1. The predicted octanol–water partition coefficient (Wildman–Crippen LogP) is 1.24. The standard InChI is InChI=1S/C16H14F2N6O2/c17-8-2-1-3-9(18)12(8)16-23-11(24-26-16)6-20-15(25)14-13-10(4-5-19-14)21-7-22-13/h1-3,7,14,19H,4-6H2,(H,20,25)(H,21,22). The zero-order valence-corrected chi connectivity index (χ0v) is 13.4. The first-order valence-electron chi connectivity index (χ1n) is 7.93. The summed E-state index contributed by atoms with van der Waals surface area (Å²) in [6.07, 6.45) is 2.31. The van der Waals surface area contributed by atoms with Crippen molar-refractivity contribution in [2.45, 2.75) is 19.0 Å². The molecule has 134 valence electrons. The lowest BCUT2D eigenvalue weighted by Crippen LogP contribution is -2.41. The van der Waals surface area contributed by atoms with Gasteiger partial charge in [0, 0.05) is 18.7 Å². The summed E-state index contributed by atoms with van der Waals surface area (Å²) in [5, 5.41) is 9.40. The predicted molar refractivity (Wildman–Crippen MR) is 84.5 cm³/mol. The molecule has 0 aliphatic carbocycles. The maximum Gasteiger partial charge on any atom is 0.263 e. The summed E-state index contributed by atoms with van der Waals surface area (Å²) >= 11 is 0. The highest BCUT2D eigenvalue weighted by Gasteiger charge is 2.28. The lowest BCUT2D eigenvalue weighted by Gasteiger charge is -2.21. The molecule has 0 bridgehead atoms. The van der Waals surface area contributed by atoms with Crippen LogP contribution in [0, 0.1) is 11.6 Å². The summed E-state index contributed by atoms with van der Waals surface area (Å²) in [6, 6.07) is 2.85. The molecular formula is C16H14F2N6O2. The first kappa shape index (κ1) is 16.3. The minimum absolute atomic E-state index is 0.0453. The number of nitrogens with zero attached hydrogens (tertiary/aromatic N) is 3. The van der Waals surface area contributed by atoms with Crippen LogP contribution >= 0.6 is 0 Å². The number of nitrogens with one attached hydrogen (secondary N) is 3. The molecule has 0 radical (unpaired) electrons. The molecule has 1 amide bonds. The van der Waals surface area contributed by atoms with Crippen LogP contribution in [0.3, 0.4) is 0 Å². The molecular weight excluding hydrogens is 346 g/mol. The second-order valence-electron chi connectivity index (χ2n) is 5.73. The van der Waals surface area contributed by atoms with E-state index < -0.39 is 23.2 Å². The first-order chi connectivity index (χ1) is 12.6. The highest BCUT2D eigenvalue weighted by Crippen LogP contribution is 2.24. The van der Waals surface area contributed by atoms with Gasteiger partial charge >= 0.3 is 0 Å². The van der Waals surface area contributed by atoms with Crippen molar-refractivity contribution in [3.63, 3.8) is 0 Å². The van der Waals surface area contributed by atoms with E-state index in [2.05, 4.69) is 30.7 Å². The zero-order chi connectivity index (χ0) is 18.1. The lowest BCUT2D eigenvalue weighted by molar-refractivity contribution is -0.123. The van der Waals surface area contributed by atoms with Gasteiger partial charge in [0.15, 0.2) is 5.82 Å². The van der Waals surface area contributed by atoms with E-state index in [0.717, 1.165) is 24.2 Å². The number of hydrogen-bond acceptors (Lipinski definition) is 6. The van der Waals surface area contributed by atoms with Gasteiger partial charge in [-0.05, 0) is 12.1 Å². The minimum Gasteiger partial charge on any atom is -0.348 e. The Balaban J connectivity index is 1.45. The summed E-state index contributed by atoms with van der Waals surface area (Å²) < 4.78 is 32.4. The summed E-state index contributed by atoms with van der Waals surface area (Å²) in [5.41, 5.74) is 1.17. The fourth-order valence-electron chi connectivity index (χ4n) is 2.83. The molecule has 3 heterocycles. The van der Waals surface area contributed by atoms with E-state index in [9.17, 15) is 13.6 Å². The second kappa shape index (κ2) is 6.64. The molecule has 10 heteroatoms. The molecule has 4 rings (SSSR count). The topological polar surface area (TPSA) is 109 Å². The van der Waals surface area contributed by atoms with Gasteiger partial charge in [0.1, 0.15) is 23.2 Å². The van der Waals surface area contributed by atoms with Crippen molar-refractivity contribution in [2.24, 2.45) is 0 Å². The van der Waals surface area contributed by atoms with E-state index in [1.54, 1.807) is 6.33 Å². The number of aromatic amines is 1. The van der Waals surface area contributed by atoms with Crippen molar-refractivity contribution >= 4 is 5.91 Å². The minimum atomic E-state index is -0.804. The fraction of sp³-hybridized carbons (Fsp3) is 0.250. The van der Waals surface area contributed by atoms with Gasteiger partial charge in [-0.2, -0.15) is 4.98 Å². The molecule has 26 heavy (non-hydrogen) atoms. The normalized spacial score (nSPS) is 16.3. The van der Waals surface area contributed by atoms with Crippen LogP contribution in [0.1, 0.15) is 23.3 Å². The lowest BCUT2D eigenvalue weighted by atomic mass is 10.1. The largest absolute Gasteiger partial charge is 0.348 e. The number of fused-ring (bicyclic) bond motifs is 1. The van der Waals surface area contributed by atoms with Crippen molar-refractivity contribution < 1.29 is 18.1 Å². The molecule has 3 aromatic rings. The molecule has 1 aromatic carbocycles. The Morgan fingerprint density at radius 2 is 2.15 bits per heavy atom. The molecule has 0 saturated heterocycles. The van der Waals surface area contributed by atoms with Crippen LogP contribution in [0.5, 0.6) is 0 Å². The maximum atomic E-state index is 13.8. The molecule has 1 atom stereocenters. The van der Waals surface area contributed by atoms with E-state index in [1.807, 2.05) is 0 Å². The molecule has 8 nitrogen and oxygen atoms in total. The molecule has 1 aliphatic rings. The number of amides is 1. The Bertz CT molecular complexity index is 934. The number of carbonyl (C=O) groups excluding carboxylic acids is 1. The van der Waals surface area contributed by atoms with E-state index in [-0.39, 0.29) is 24.2 Å². The molecule has 0 fully saturated rings. The van der Waals surface area contributed by atoms with Gasteiger partial charge in [0.05, 0.1) is 18.6 Å². The Labute approximate surface area is 146 Å². The van der Waals surface area contributed by atoms with Gasteiger partial charge in [-0.1, -0.05) is 11.2 Å². The molecule has 3 N–H and O–H groups in total. The summed E-state index contributed by atoms with van der Waals surface area (Å²) in [5.74, 6) is -2.09. The van der Waals surface area contributed by atoms with Gasteiger partial charge in [-0.25, -0.2) is 13.8 Å². The number of benzene rings is 1. The Hall–Kier alpha value is -3.14. The van der Waals surface area contributed by atoms with Crippen molar-refractivity contribution in [2.75, 3.05) is 6.54 Å². The van der Waals surface area contributed by atoms with Crippen LogP contribution in [-0.2, 0) is 17.8 Å². The molecule has 1 unspecified atom stereocenters. The number of aromatic nitrogens is 4. The number of rotatable bonds is 4. The SMILES string of the molecule is O=C(NCc1noc(-c2c(F)cccc2F)n1)C1NCCc2[nH]cnc21. The Kier molecular flexibility index (Phi) is 4.17. The highest BCUT2D eigenvalue weighted by molar-refractivity contribution is 5.83. The number of halogens is 2. The van der Waals surface area contributed by atoms with E-state index in [1.165, 1.54) is 6.07 Å². The smallest absolute Gasteiger partial charge is 0.263 e. The second-order valence-corrected chi connectivity index (χ2v) is 5.73. The van der Waals surface area contributed by atoms with E-state index in [4.69, 9.17) is 4.52 Å². The van der Waals surface area contributed by atoms with Gasteiger partial charge in [-0.3, -0.25) is 4.79 Å². The van der Waals surface area contributed by atoms with E-state index in [0.29, 0.717) is 12.2 Å². The Morgan fingerprint density at radius 1 is 1.35 bits per heavy atom. The van der Waals surface area contributed by atoms with Crippen LogP contribution in [0.4, 0.5) is 8.78 Å². The van der Waals surface area contributed by atoms with Crippen molar-refractivity contribution in [3.05, 3.63) is 53.4 Å². The average molecular weight is 360 g/mol. The van der Waals surface area contributed by atoms with Crippen molar-refractivity contribution in [3.8, 4) is 11.5 Å². The Morgan fingerprint density at radius 3 is 2.96 bits per heavy atom. The first-order valence-corrected chi connectivity index (χ1v) is 7.93. The van der Waals surface area contributed by atoms with Crippen LogP contribution in [0.15, 0.2) is 29.0 Å². The third kappa shape index (κ3) is 2.94. The van der Waals surface area contributed by atoms with Crippen molar-refractivity contribution in [1.29, 1.82) is 0 Å². The van der Waals surface area contributed by atoms with Gasteiger partial charge in [0.2, 0.25) is 5.91 Å². The van der Waals surface area contributed by atoms with E-state index >= 15 is 0 Å². The molecule has 2 aromatic heterocycles. The summed E-state index contributed by atoms with van der Waals surface area (Å²) in [4.78, 5) is 23.5. The van der Waals surface area contributed by atoms with Crippen LogP contribution in [0.2, 0.25) is 0 Å². The van der Waals surface area contributed by atoms with Gasteiger partial charge in [-0.15, -0.1) is 0 Å². The highest BCUT2D eigenvalue weighted by atomic mass is 19.1. The quantitative estimate of drug-likeness (QED) is 0.646. The third-order valence-electron chi connectivity index (χ3n) is 4.08. The molecule has 1 aliphatic heterocycles. The molecule has 0 saturated carbocycles. The average Bonchev–Trinajstić information content (AvgIpc) is 3.28. The summed E-state index contributed by atoms with van der Waals surface area (Å²) in [6.45, 7) is 0.600. The molecule has 0 spiro atoms. The number of carbonyl (C=O) groups is 1. The number of hydrogen-bond donors (Lipinski definition) is 3. The van der Waals surface area contributed by atoms with Crippen LogP contribution in [-0.4, -0.2) is 32.6 Å². The number of imidazole rings is 1. The van der Waals surface area contributed by atoms with Gasteiger partial charge in [0.25, 0.3) is 5.89 Å². The summed E-state index contributed by atoms with van der Waals surface area (Å²) in [7, 11) is 0. The van der Waals surface area contributed by atoms with Gasteiger partial charge < -0.3 is 20.1 Å². The van der Waals surface area contributed by atoms with Crippen molar-refractivity contribution in [1.82, 2.24) is 30.7 Å². The third-order valence-corrected chi connectivity index (χ3v) is 4.08. The van der Waals surface area contributed by atoms with Crippen LogP contribution in [0.25, 0.3) is 11.5 Å². The maximum absolute atomic E-state index is 13.8. The van der Waals surface area contributed by atoms with Crippen LogP contribution < -0.4 is 10.6 Å². The zero-order valence-electron chi connectivity index (χ0n) is 13.4.